The first-order valence-electron chi connectivity index (χ1n) is 8.47. The van der Waals surface area contributed by atoms with E-state index in [4.69, 9.17) is 4.52 Å². The van der Waals surface area contributed by atoms with Gasteiger partial charge in [0.05, 0.1) is 23.1 Å². The molecule has 2 aromatic heterocycles. The van der Waals surface area contributed by atoms with Gasteiger partial charge in [0.15, 0.2) is 0 Å². The van der Waals surface area contributed by atoms with Crippen LogP contribution in [0.3, 0.4) is 0 Å². The molecule has 0 fully saturated rings. The van der Waals surface area contributed by atoms with Gasteiger partial charge in [0.25, 0.3) is 0 Å². The largest absolute Gasteiger partial charge is 0.387 e. The number of aryl methyl sites for hydroxylation is 2. The molecule has 24 heavy (non-hydrogen) atoms. The smallest absolute Gasteiger partial charge is 0.146 e. The van der Waals surface area contributed by atoms with Gasteiger partial charge >= 0.3 is 0 Å². The number of likely N-dealkylation sites (N-methyl/N-ethyl adjacent to an activating group) is 1. The number of rotatable bonds is 6. The van der Waals surface area contributed by atoms with E-state index in [0.717, 1.165) is 52.0 Å². The molecular weight excluding hydrogens is 302 g/mol. The second kappa shape index (κ2) is 6.79. The predicted molar refractivity (Wildman–Crippen MR) is 96.1 cm³/mol. The number of aromatic nitrogens is 2. The van der Waals surface area contributed by atoms with Crippen molar-refractivity contribution in [3.63, 3.8) is 0 Å². The lowest BCUT2D eigenvalue weighted by Crippen LogP contribution is -2.20. The molecule has 0 spiro atoms. The monoisotopic (exact) mass is 327 g/mol. The van der Waals surface area contributed by atoms with Crippen molar-refractivity contribution in [3.05, 3.63) is 41.3 Å². The normalized spacial score (nSPS) is 13.1. The summed E-state index contributed by atoms with van der Waals surface area (Å²) >= 11 is 0. The molecule has 0 saturated carbocycles. The van der Waals surface area contributed by atoms with Gasteiger partial charge in [0, 0.05) is 29.4 Å². The van der Waals surface area contributed by atoms with Crippen LogP contribution in [0, 0.1) is 0 Å². The summed E-state index contributed by atoms with van der Waals surface area (Å²) in [4.78, 5) is 5.48. The van der Waals surface area contributed by atoms with Crippen molar-refractivity contribution in [1.29, 1.82) is 0 Å². The highest BCUT2D eigenvalue weighted by Gasteiger charge is 2.25. The van der Waals surface area contributed by atoms with Crippen LogP contribution >= 0.6 is 0 Å². The number of hydrogen-bond acceptors (Lipinski definition) is 4. The molecule has 5 heteroatoms. The average Bonchev–Trinajstić information content (AvgIpc) is 3.14. The molecule has 1 unspecified atom stereocenters. The van der Waals surface area contributed by atoms with Crippen LogP contribution in [0.2, 0.25) is 0 Å². The topological polar surface area (TPSA) is 65.3 Å². The van der Waals surface area contributed by atoms with E-state index in [1.54, 1.807) is 0 Å². The fourth-order valence-corrected chi connectivity index (χ4v) is 3.27. The van der Waals surface area contributed by atoms with Crippen LogP contribution in [0.25, 0.3) is 22.2 Å². The number of aliphatic hydroxyl groups is 1. The number of nitrogens with one attached hydrogen (secondary N) is 1. The molecule has 1 aromatic carbocycles. The van der Waals surface area contributed by atoms with Gasteiger partial charge in [-0.2, -0.15) is 0 Å². The molecule has 5 nitrogen and oxygen atoms in total. The van der Waals surface area contributed by atoms with Gasteiger partial charge in [-0.1, -0.05) is 37.2 Å². The molecule has 0 aliphatic heterocycles. The van der Waals surface area contributed by atoms with Crippen molar-refractivity contribution in [2.75, 3.05) is 20.6 Å². The lowest BCUT2D eigenvalue weighted by atomic mass is 9.98. The number of aliphatic hydroxyl groups excluding tert-OH is 1. The molecule has 0 saturated heterocycles. The SMILES string of the molecule is CCc1noc(CC)c1-c1[nH]c2ccccc2c1C(O)CN(C)C. The zero-order valence-corrected chi connectivity index (χ0v) is 14.8. The number of benzene rings is 1. The summed E-state index contributed by atoms with van der Waals surface area (Å²) in [5.41, 5.74) is 4.80. The Balaban J connectivity index is 2.26. The van der Waals surface area contributed by atoms with Crippen LogP contribution in [0.4, 0.5) is 0 Å². The minimum Gasteiger partial charge on any atom is -0.387 e. The summed E-state index contributed by atoms with van der Waals surface area (Å²) in [5, 5.41) is 16.1. The zero-order chi connectivity index (χ0) is 17.3. The standard InChI is InChI=1S/C19H25N3O2/c1-5-13-18(16(6-2)24-21-13)19-17(15(23)11-22(3)4)12-9-7-8-10-14(12)20-19/h7-10,15,20,23H,5-6,11H2,1-4H3. The van der Waals surface area contributed by atoms with E-state index in [1.165, 1.54) is 0 Å². The Morgan fingerprint density at radius 1 is 1.21 bits per heavy atom. The number of fused-ring (bicyclic) bond motifs is 1. The molecule has 2 heterocycles. The van der Waals surface area contributed by atoms with Crippen molar-refractivity contribution in [2.45, 2.75) is 32.8 Å². The van der Waals surface area contributed by atoms with Gasteiger partial charge in [-0.25, -0.2) is 0 Å². The maximum Gasteiger partial charge on any atom is 0.146 e. The van der Waals surface area contributed by atoms with Gasteiger partial charge in [-0.05, 0) is 26.6 Å². The van der Waals surface area contributed by atoms with Gasteiger partial charge in [-0.15, -0.1) is 0 Å². The second-order valence-corrected chi connectivity index (χ2v) is 6.37. The first kappa shape index (κ1) is 16.7. The molecule has 0 amide bonds. The zero-order valence-electron chi connectivity index (χ0n) is 14.8. The third kappa shape index (κ3) is 2.85. The third-order valence-electron chi connectivity index (χ3n) is 4.36. The van der Waals surface area contributed by atoms with Crippen molar-refractivity contribution in [2.24, 2.45) is 0 Å². The molecule has 0 bridgehead atoms. The number of nitrogens with zero attached hydrogens (tertiary/aromatic N) is 2. The molecule has 0 aliphatic rings. The summed E-state index contributed by atoms with van der Waals surface area (Å²) in [6, 6.07) is 8.09. The quantitative estimate of drug-likeness (QED) is 0.727. The van der Waals surface area contributed by atoms with Crippen LogP contribution in [0.15, 0.2) is 28.8 Å². The molecule has 3 rings (SSSR count). The van der Waals surface area contributed by atoms with Crippen molar-refractivity contribution >= 4 is 10.9 Å². The van der Waals surface area contributed by atoms with Crippen LogP contribution < -0.4 is 0 Å². The minimum absolute atomic E-state index is 0.559. The number of hydrogen-bond donors (Lipinski definition) is 2. The molecule has 0 radical (unpaired) electrons. The summed E-state index contributed by atoms with van der Waals surface area (Å²) in [6.07, 6.45) is 0.966. The van der Waals surface area contributed by atoms with E-state index < -0.39 is 6.10 Å². The maximum absolute atomic E-state index is 10.9. The molecule has 3 aromatic rings. The molecule has 2 N–H and O–H groups in total. The van der Waals surface area contributed by atoms with E-state index >= 15 is 0 Å². The molecule has 0 aliphatic carbocycles. The first-order chi connectivity index (χ1) is 11.6. The molecule has 1 atom stereocenters. The lowest BCUT2D eigenvalue weighted by Gasteiger charge is -2.17. The Labute approximate surface area is 142 Å². The third-order valence-corrected chi connectivity index (χ3v) is 4.36. The highest BCUT2D eigenvalue weighted by atomic mass is 16.5. The van der Waals surface area contributed by atoms with E-state index in [2.05, 4.69) is 24.0 Å². The minimum atomic E-state index is -0.588. The number of H-pyrrole nitrogens is 1. The predicted octanol–water partition coefficient (Wildman–Crippen LogP) is 3.54. The van der Waals surface area contributed by atoms with E-state index in [-0.39, 0.29) is 0 Å². The van der Waals surface area contributed by atoms with Crippen LogP contribution in [-0.4, -0.2) is 40.8 Å². The first-order valence-corrected chi connectivity index (χ1v) is 8.47. The fourth-order valence-electron chi connectivity index (χ4n) is 3.27. The number of aromatic amines is 1. The van der Waals surface area contributed by atoms with Crippen molar-refractivity contribution in [3.8, 4) is 11.3 Å². The van der Waals surface area contributed by atoms with Crippen LogP contribution in [-0.2, 0) is 12.8 Å². The highest BCUT2D eigenvalue weighted by molar-refractivity contribution is 5.92. The van der Waals surface area contributed by atoms with E-state index in [9.17, 15) is 5.11 Å². The summed E-state index contributed by atoms with van der Waals surface area (Å²) < 4.78 is 5.54. The Kier molecular flexibility index (Phi) is 4.73. The lowest BCUT2D eigenvalue weighted by molar-refractivity contribution is 0.140. The van der Waals surface area contributed by atoms with Crippen LogP contribution in [0.1, 0.15) is 37.0 Å². The van der Waals surface area contributed by atoms with Gasteiger partial charge in [0.2, 0.25) is 0 Å². The summed E-state index contributed by atoms with van der Waals surface area (Å²) in [5.74, 6) is 0.858. The second-order valence-electron chi connectivity index (χ2n) is 6.37. The highest BCUT2D eigenvalue weighted by Crippen LogP contribution is 2.38. The Morgan fingerprint density at radius 3 is 2.62 bits per heavy atom. The summed E-state index contributed by atoms with van der Waals surface area (Å²) in [7, 11) is 3.93. The maximum atomic E-state index is 10.9. The van der Waals surface area contributed by atoms with E-state index in [0.29, 0.717) is 6.54 Å². The van der Waals surface area contributed by atoms with Gasteiger partial charge in [-0.3, -0.25) is 0 Å². The fraction of sp³-hybridized carbons (Fsp3) is 0.421. The Hall–Kier alpha value is -2.11. The number of para-hydroxylation sites is 1. The molecular formula is C19H25N3O2. The van der Waals surface area contributed by atoms with Gasteiger partial charge < -0.3 is 19.5 Å². The Bertz CT molecular complexity index is 811. The van der Waals surface area contributed by atoms with Crippen molar-refractivity contribution < 1.29 is 9.63 Å². The van der Waals surface area contributed by atoms with Crippen molar-refractivity contribution in [1.82, 2.24) is 15.0 Å². The van der Waals surface area contributed by atoms with Gasteiger partial charge in [0.1, 0.15) is 5.76 Å². The average molecular weight is 327 g/mol. The summed E-state index contributed by atoms with van der Waals surface area (Å²) in [6.45, 7) is 4.68. The molecule has 128 valence electrons. The Morgan fingerprint density at radius 2 is 1.96 bits per heavy atom. The van der Waals surface area contributed by atoms with E-state index in [1.807, 2.05) is 43.3 Å². The van der Waals surface area contributed by atoms with Crippen LogP contribution in [0.5, 0.6) is 0 Å².